The van der Waals surface area contributed by atoms with Crippen LogP contribution in [0.15, 0.2) is 29.2 Å². The number of benzene rings is 1. The zero-order chi connectivity index (χ0) is 20.1. The van der Waals surface area contributed by atoms with Crippen LogP contribution in [-0.2, 0) is 14.8 Å². The molecule has 8 heteroatoms. The molecule has 0 spiro atoms. The van der Waals surface area contributed by atoms with Gasteiger partial charge >= 0.3 is 16.0 Å². The Kier molecular flexibility index (Phi) is 5.22. The van der Waals surface area contributed by atoms with Crippen LogP contribution in [0.3, 0.4) is 0 Å². The Labute approximate surface area is 157 Å². The van der Waals surface area contributed by atoms with E-state index in [-0.39, 0.29) is 28.4 Å². The van der Waals surface area contributed by atoms with Crippen LogP contribution in [0.5, 0.6) is 0 Å². The van der Waals surface area contributed by atoms with Gasteiger partial charge in [0.25, 0.3) is 0 Å². The minimum atomic E-state index is -4.36. The summed E-state index contributed by atoms with van der Waals surface area (Å²) in [5.41, 5.74) is 0.693. The van der Waals surface area contributed by atoms with E-state index < -0.39 is 34.2 Å². The average molecular weight is 400 g/mol. The molecule has 1 aliphatic rings. The maximum absolute atomic E-state index is 13.6. The molecular formula is C18H29NO5SSi. The van der Waals surface area contributed by atoms with E-state index in [1.165, 1.54) is 12.1 Å². The van der Waals surface area contributed by atoms with E-state index in [9.17, 15) is 23.5 Å². The van der Waals surface area contributed by atoms with Crippen LogP contribution in [0, 0.1) is 12.1 Å². The normalized spacial score (nSPS) is 27.5. The van der Waals surface area contributed by atoms with Crippen LogP contribution in [0.4, 0.5) is 0 Å². The van der Waals surface area contributed by atoms with Crippen LogP contribution in [-0.4, -0.2) is 44.2 Å². The van der Waals surface area contributed by atoms with Gasteiger partial charge in [0.2, 0.25) is 6.04 Å². The Morgan fingerprint density at radius 1 is 1.23 bits per heavy atom. The summed E-state index contributed by atoms with van der Waals surface area (Å²) >= 11 is 0. The number of aryl methyl sites for hydroxylation is 1. The summed E-state index contributed by atoms with van der Waals surface area (Å²) in [5.74, 6) is -1.34. The van der Waals surface area contributed by atoms with Gasteiger partial charge < -0.3 is 10.3 Å². The number of rotatable bonds is 4. The first-order valence-electron chi connectivity index (χ1n) is 8.78. The van der Waals surface area contributed by atoms with Crippen molar-refractivity contribution in [3.05, 3.63) is 35.0 Å². The van der Waals surface area contributed by atoms with Gasteiger partial charge in [-0.2, -0.15) is 8.42 Å². The number of hydrogen-bond acceptors (Lipinski definition) is 4. The van der Waals surface area contributed by atoms with E-state index in [1.807, 2.05) is 6.92 Å². The van der Waals surface area contributed by atoms with Gasteiger partial charge in [-0.05, 0) is 24.1 Å². The third kappa shape index (κ3) is 3.24. The number of sulfonamides is 1. The van der Waals surface area contributed by atoms with Crippen molar-refractivity contribution >= 4 is 24.1 Å². The smallest absolute Gasteiger partial charge is 0.364 e. The van der Waals surface area contributed by atoms with Crippen molar-refractivity contribution in [3.8, 4) is 0 Å². The second-order valence-electron chi connectivity index (χ2n) is 8.96. The molecule has 0 radical (unpaired) electrons. The number of carboxylic acids is 1. The van der Waals surface area contributed by atoms with Crippen molar-refractivity contribution in [2.24, 2.45) is 0 Å². The van der Waals surface area contributed by atoms with E-state index in [4.69, 9.17) is 0 Å². The molecule has 1 fully saturated rings. The summed E-state index contributed by atoms with van der Waals surface area (Å²) in [5, 5.41) is 23.1. The van der Waals surface area contributed by atoms with Gasteiger partial charge in [-0.15, -0.1) is 0 Å². The number of carbonyl (C=O) groups is 1. The SMILES string of the molecule is Cc1ccc(S(=O)(=O)[N+]2([O-])C[C@@H]([Si](C)(C)C(C)(C)C)C[C@@H]2C(=O)O)cc1. The predicted octanol–water partition coefficient (Wildman–Crippen LogP) is 3.73. The number of nitrogens with zero attached hydrogens (tertiary/aromatic N) is 1. The largest absolute Gasteiger partial charge is 0.616 e. The standard InChI is InChI=1S/C18H29NO5SSi/c1-13-7-9-14(10-8-13)25(23,24)19(22)12-15(11-16(19)17(20)21)26(5,6)18(2,3)4/h7-10,15-16H,11-12H2,1-6H3,(H,20,21)/t15-,16+,19?/m0/s1. The molecule has 1 aromatic carbocycles. The minimum absolute atomic E-state index is 0.0660. The van der Waals surface area contributed by atoms with Crippen molar-refractivity contribution in [1.29, 1.82) is 0 Å². The molecule has 0 aromatic heterocycles. The summed E-state index contributed by atoms with van der Waals surface area (Å²) < 4.78 is 24.5. The van der Waals surface area contributed by atoms with E-state index in [1.54, 1.807) is 12.1 Å². The van der Waals surface area contributed by atoms with Gasteiger partial charge in [0.1, 0.15) is 4.90 Å². The number of hydrogen-bond donors (Lipinski definition) is 1. The lowest BCUT2D eigenvalue weighted by Crippen LogP contribution is -2.54. The number of carboxylic acid groups (broad SMARTS) is 1. The third-order valence-corrected chi connectivity index (χ3v) is 14.8. The summed E-state index contributed by atoms with van der Waals surface area (Å²) in [4.78, 5) is 11.7. The van der Waals surface area contributed by atoms with Crippen LogP contribution < -0.4 is 0 Å². The second kappa shape index (κ2) is 6.44. The van der Waals surface area contributed by atoms with Crippen molar-refractivity contribution in [3.63, 3.8) is 0 Å². The number of quaternary nitrogens is 1. The van der Waals surface area contributed by atoms with Crippen molar-refractivity contribution in [2.75, 3.05) is 6.54 Å². The molecule has 0 amide bonds. The van der Waals surface area contributed by atoms with Crippen molar-refractivity contribution in [1.82, 2.24) is 0 Å². The molecule has 0 aliphatic carbocycles. The molecule has 6 nitrogen and oxygen atoms in total. The van der Waals surface area contributed by atoms with Gasteiger partial charge in [0, 0.05) is 12.0 Å². The van der Waals surface area contributed by atoms with E-state index >= 15 is 0 Å². The highest BCUT2D eigenvalue weighted by Crippen LogP contribution is 2.51. The lowest BCUT2D eigenvalue weighted by atomic mass is 10.2. The van der Waals surface area contributed by atoms with Crippen LogP contribution in [0.1, 0.15) is 32.8 Å². The lowest BCUT2D eigenvalue weighted by Gasteiger charge is -2.43. The molecule has 1 unspecified atom stereocenters. The fourth-order valence-electron chi connectivity index (χ4n) is 3.50. The van der Waals surface area contributed by atoms with Crippen molar-refractivity contribution < 1.29 is 22.4 Å². The fourth-order valence-corrected chi connectivity index (χ4v) is 8.12. The van der Waals surface area contributed by atoms with Gasteiger partial charge in [0.05, 0.1) is 14.6 Å². The molecule has 146 valence electrons. The quantitative estimate of drug-likeness (QED) is 0.473. The maximum atomic E-state index is 13.6. The molecule has 1 aromatic rings. The molecule has 1 heterocycles. The second-order valence-corrected chi connectivity index (χ2v) is 16.8. The van der Waals surface area contributed by atoms with Crippen LogP contribution in [0.2, 0.25) is 23.7 Å². The number of hydroxylamine groups is 2. The first-order chi connectivity index (χ1) is 11.6. The summed E-state index contributed by atoms with van der Waals surface area (Å²) in [6, 6.07) is 4.54. The molecule has 0 saturated carbocycles. The Morgan fingerprint density at radius 3 is 2.15 bits per heavy atom. The van der Waals surface area contributed by atoms with E-state index in [0.29, 0.717) is 0 Å². The van der Waals surface area contributed by atoms with Gasteiger partial charge in [-0.3, -0.25) is 0 Å². The van der Waals surface area contributed by atoms with Crippen LogP contribution in [0.25, 0.3) is 0 Å². The third-order valence-electron chi connectivity index (χ3n) is 6.42. The Balaban J connectivity index is 2.54. The van der Waals surface area contributed by atoms with Crippen molar-refractivity contribution in [2.45, 2.75) is 68.7 Å². The minimum Gasteiger partial charge on any atom is -0.616 e. The predicted molar refractivity (Wildman–Crippen MR) is 104 cm³/mol. The highest BCUT2D eigenvalue weighted by atomic mass is 32.2. The van der Waals surface area contributed by atoms with Gasteiger partial charge in [-0.1, -0.05) is 51.6 Å². The molecule has 1 aliphatic heterocycles. The fraction of sp³-hybridized carbons (Fsp3) is 0.611. The highest BCUT2D eigenvalue weighted by Gasteiger charge is 2.59. The van der Waals surface area contributed by atoms with Gasteiger partial charge in [0.15, 0.2) is 0 Å². The van der Waals surface area contributed by atoms with E-state index in [0.717, 1.165) is 5.56 Å². The van der Waals surface area contributed by atoms with Crippen LogP contribution >= 0.6 is 0 Å². The summed E-state index contributed by atoms with van der Waals surface area (Å²) in [6.45, 7) is 12.1. The average Bonchev–Trinajstić information content (AvgIpc) is 2.87. The molecule has 3 atom stereocenters. The Bertz CT molecular complexity index is 798. The highest BCUT2D eigenvalue weighted by molar-refractivity contribution is 7.86. The molecule has 26 heavy (non-hydrogen) atoms. The molecule has 1 saturated heterocycles. The molecule has 1 N–H and O–H groups in total. The summed E-state index contributed by atoms with van der Waals surface area (Å²) in [7, 11) is -6.44. The first kappa shape index (κ1) is 21.1. The zero-order valence-electron chi connectivity index (χ0n) is 16.3. The van der Waals surface area contributed by atoms with E-state index in [2.05, 4.69) is 33.9 Å². The first-order valence-corrected chi connectivity index (χ1v) is 13.3. The topological polar surface area (TPSA) is 94.5 Å². The zero-order valence-corrected chi connectivity index (χ0v) is 18.1. The Hall–Kier alpha value is -1.22. The summed E-state index contributed by atoms with van der Waals surface area (Å²) in [6.07, 6.45) is 0.112. The molecule has 0 bridgehead atoms. The lowest BCUT2D eigenvalue weighted by molar-refractivity contribution is -0.757. The molecular weight excluding hydrogens is 370 g/mol. The maximum Gasteiger partial charge on any atom is 0.364 e. The number of aliphatic carboxylic acids is 1. The monoisotopic (exact) mass is 399 g/mol. The van der Waals surface area contributed by atoms with Gasteiger partial charge in [-0.25, -0.2) is 8.85 Å². The Morgan fingerprint density at radius 2 is 1.73 bits per heavy atom. The molecule has 2 rings (SSSR count).